The van der Waals surface area contributed by atoms with E-state index in [0.29, 0.717) is 5.56 Å². The van der Waals surface area contributed by atoms with E-state index in [-0.39, 0.29) is 30.4 Å². The Morgan fingerprint density at radius 3 is 2.71 bits per heavy atom. The van der Waals surface area contributed by atoms with Crippen molar-refractivity contribution in [2.75, 3.05) is 18.1 Å². The predicted octanol–water partition coefficient (Wildman–Crippen LogP) is 0.104. The van der Waals surface area contributed by atoms with Gasteiger partial charge in [0.2, 0.25) is 0 Å². The maximum Gasteiger partial charge on any atom is 0.305 e. The molecule has 0 spiro atoms. The average Bonchev–Trinajstić information content (AvgIpc) is 2.37. The van der Waals surface area contributed by atoms with Crippen molar-refractivity contribution >= 4 is 21.7 Å². The second kappa shape index (κ2) is 5.80. The van der Waals surface area contributed by atoms with Gasteiger partial charge in [-0.3, -0.25) is 14.6 Å². The van der Waals surface area contributed by atoms with Gasteiger partial charge in [0.25, 0.3) is 5.91 Å². The Hall–Kier alpha value is -1.96. The molecular weight excluding hydrogens is 296 g/mol. The summed E-state index contributed by atoms with van der Waals surface area (Å²) in [6, 6.07) is 2.45. The van der Waals surface area contributed by atoms with Crippen molar-refractivity contribution in [2.45, 2.75) is 19.4 Å². The summed E-state index contributed by atoms with van der Waals surface area (Å²) in [4.78, 5) is 28.6. The number of aliphatic carboxylic acids is 1. The Labute approximate surface area is 122 Å². The monoisotopic (exact) mass is 312 g/mol. The fourth-order valence-electron chi connectivity index (χ4n) is 2.28. The standard InChI is InChI=1S/C13H16N2O5S/c1-9-2-3-10(7-14-9)13(18)15-4-5-21(19,20)8-11(15)6-12(16)17/h2-3,7,11H,4-6,8H2,1H3,(H,16,17). The maximum absolute atomic E-state index is 12.4. The highest BCUT2D eigenvalue weighted by atomic mass is 32.2. The molecule has 8 heteroatoms. The van der Waals surface area contributed by atoms with Gasteiger partial charge in [-0.2, -0.15) is 0 Å². The van der Waals surface area contributed by atoms with Crippen LogP contribution in [0.1, 0.15) is 22.5 Å². The van der Waals surface area contributed by atoms with Crippen LogP contribution in [0.15, 0.2) is 18.3 Å². The van der Waals surface area contributed by atoms with Crippen molar-refractivity contribution in [1.29, 1.82) is 0 Å². The molecule has 1 unspecified atom stereocenters. The van der Waals surface area contributed by atoms with E-state index in [1.54, 1.807) is 19.1 Å². The van der Waals surface area contributed by atoms with Crippen molar-refractivity contribution < 1.29 is 23.1 Å². The van der Waals surface area contributed by atoms with Gasteiger partial charge < -0.3 is 10.0 Å². The molecule has 1 fully saturated rings. The molecule has 1 saturated heterocycles. The number of aryl methyl sites for hydroxylation is 1. The average molecular weight is 312 g/mol. The summed E-state index contributed by atoms with van der Waals surface area (Å²) in [7, 11) is -3.31. The van der Waals surface area contributed by atoms with Crippen LogP contribution in [0, 0.1) is 6.92 Å². The SMILES string of the molecule is Cc1ccc(C(=O)N2CCS(=O)(=O)CC2CC(=O)O)cn1. The molecule has 1 amide bonds. The number of aromatic nitrogens is 1. The number of carboxylic acid groups (broad SMARTS) is 1. The minimum absolute atomic E-state index is 0.00693. The summed E-state index contributed by atoms with van der Waals surface area (Å²) in [6.45, 7) is 1.79. The molecule has 1 atom stereocenters. The quantitative estimate of drug-likeness (QED) is 0.849. The van der Waals surface area contributed by atoms with Gasteiger partial charge in [-0.1, -0.05) is 0 Å². The molecule has 0 aromatic carbocycles. The van der Waals surface area contributed by atoms with Gasteiger partial charge in [0.05, 0.1) is 29.5 Å². The topological polar surface area (TPSA) is 105 Å². The van der Waals surface area contributed by atoms with Gasteiger partial charge >= 0.3 is 5.97 Å². The summed E-state index contributed by atoms with van der Waals surface area (Å²) in [5, 5.41) is 8.90. The fourth-order valence-corrected chi connectivity index (χ4v) is 3.81. The van der Waals surface area contributed by atoms with Crippen LogP contribution >= 0.6 is 0 Å². The third kappa shape index (κ3) is 3.78. The Morgan fingerprint density at radius 2 is 2.14 bits per heavy atom. The molecule has 0 bridgehead atoms. The number of hydrogen-bond acceptors (Lipinski definition) is 5. The minimum atomic E-state index is -3.31. The fraction of sp³-hybridized carbons (Fsp3) is 0.462. The molecular formula is C13H16N2O5S. The van der Waals surface area contributed by atoms with Crippen molar-refractivity contribution in [1.82, 2.24) is 9.88 Å². The van der Waals surface area contributed by atoms with E-state index < -0.39 is 21.8 Å². The molecule has 1 aromatic heterocycles. The number of hydrogen-bond donors (Lipinski definition) is 1. The number of sulfone groups is 1. The molecule has 1 aromatic rings. The summed E-state index contributed by atoms with van der Waals surface area (Å²) >= 11 is 0. The van der Waals surface area contributed by atoms with Crippen molar-refractivity contribution in [2.24, 2.45) is 0 Å². The van der Waals surface area contributed by atoms with Gasteiger partial charge in [-0.25, -0.2) is 8.42 Å². The van der Waals surface area contributed by atoms with Gasteiger partial charge in [-0.15, -0.1) is 0 Å². The molecule has 21 heavy (non-hydrogen) atoms. The molecule has 1 aliphatic rings. The Morgan fingerprint density at radius 1 is 1.43 bits per heavy atom. The van der Waals surface area contributed by atoms with Crippen LogP contribution in [0.3, 0.4) is 0 Å². The van der Waals surface area contributed by atoms with Crippen LogP contribution in [0.5, 0.6) is 0 Å². The lowest BCUT2D eigenvalue weighted by atomic mass is 10.1. The van der Waals surface area contributed by atoms with Gasteiger partial charge in [0, 0.05) is 18.4 Å². The summed E-state index contributed by atoms with van der Waals surface area (Å²) < 4.78 is 23.3. The number of carboxylic acids is 1. The Bertz CT molecular complexity index is 654. The normalized spacial score (nSPS) is 21.0. The van der Waals surface area contributed by atoms with Crippen LogP contribution in [-0.4, -0.2) is 59.4 Å². The third-order valence-corrected chi connectivity index (χ3v) is 5.06. The molecule has 1 N–H and O–H groups in total. The highest BCUT2D eigenvalue weighted by Crippen LogP contribution is 2.18. The Balaban J connectivity index is 2.24. The zero-order chi connectivity index (χ0) is 15.6. The van der Waals surface area contributed by atoms with Crippen LogP contribution < -0.4 is 0 Å². The lowest BCUT2D eigenvalue weighted by molar-refractivity contribution is -0.138. The zero-order valence-corrected chi connectivity index (χ0v) is 12.3. The number of amides is 1. The second-order valence-corrected chi connectivity index (χ2v) is 7.28. The van der Waals surface area contributed by atoms with Crippen LogP contribution in [0.4, 0.5) is 0 Å². The number of carbonyl (C=O) groups is 2. The van der Waals surface area contributed by atoms with E-state index in [1.807, 2.05) is 0 Å². The van der Waals surface area contributed by atoms with E-state index in [2.05, 4.69) is 4.98 Å². The maximum atomic E-state index is 12.4. The van der Waals surface area contributed by atoms with Crippen LogP contribution in [0.2, 0.25) is 0 Å². The smallest absolute Gasteiger partial charge is 0.305 e. The molecule has 2 heterocycles. The third-order valence-electron chi connectivity index (χ3n) is 3.36. The van der Waals surface area contributed by atoms with Crippen LogP contribution in [0.25, 0.3) is 0 Å². The molecule has 2 rings (SSSR count). The first-order valence-electron chi connectivity index (χ1n) is 6.44. The second-order valence-electron chi connectivity index (χ2n) is 5.05. The van der Waals surface area contributed by atoms with E-state index in [0.717, 1.165) is 5.69 Å². The molecule has 0 aliphatic carbocycles. The molecule has 1 aliphatic heterocycles. The van der Waals surface area contributed by atoms with E-state index in [4.69, 9.17) is 5.11 Å². The summed E-state index contributed by atoms with van der Waals surface area (Å²) in [5.41, 5.74) is 1.09. The molecule has 0 radical (unpaired) electrons. The van der Waals surface area contributed by atoms with Crippen LogP contribution in [-0.2, 0) is 14.6 Å². The minimum Gasteiger partial charge on any atom is -0.481 e. The van der Waals surface area contributed by atoms with E-state index in [9.17, 15) is 18.0 Å². The highest BCUT2D eigenvalue weighted by Gasteiger charge is 2.35. The highest BCUT2D eigenvalue weighted by molar-refractivity contribution is 7.91. The largest absolute Gasteiger partial charge is 0.481 e. The lowest BCUT2D eigenvalue weighted by Gasteiger charge is -2.34. The van der Waals surface area contributed by atoms with Gasteiger partial charge in [-0.05, 0) is 19.1 Å². The number of pyridine rings is 1. The summed E-state index contributed by atoms with van der Waals surface area (Å²) in [5.74, 6) is -1.97. The zero-order valence-electron chi connectivity index (χ0n) is 11.5. The number of carbonyl (C=O) groups excluding carboxylic acids is 1. The lowest BCUT2D eigenvalue weighted by Crippen LogP contribution is -2.52. The number of nitrogens with zero attached hydrogens (tertiary/aromatic N) is 2. The van der Waals surface area contributed by atoms with Gasteiger partial charge in [0.15, 0.2) is 9.84 Å². The predicted molar refractivity (Wildman–Crippen MR) is 74.7 cm³/mol. The molecule has 114 valence electrons. The first-order valence-corrected chi connectivity index (χ1v) is 8.26. The first-order chi connectivity index (χ1) is 9.78. The molecule has 0 saturated carbocycles. The van der Waals surface area contributed by atoms with E-state index >= 15 is 0 Å². The summed E-state index contributed by atoms with van der Waals surface area (Å²) in [6.07, 6.45) is 1.03. The van der Waals surface area contributed by atoms with Gasteiger partial charge in [0.1, 0.15) is 0 Å². The van der Waals surface area contributed by atoms with E-state index in [1.165, 1.54) is 11.1 Å². The van der Waals surface area contributed by atoms with Crippen molar-refractivity contribution in [3.05, 3.63) is 29.6 Å². The van der Waals surface area contributed by atoms with Crippen molar-refractivity contribution in [3.63, 3.8) is 0 Å². The Kier molecular flexibility index (Phi) is 4.26. The first kappa shape index (κ1) is 15.4. The van der Waals surface area contributed by atoms with Crippen molar-refractivity contribution in [3.8, 4) is 0 Å². The molecule has 7 nitrogen and oxygen atoms in total. The number of rotatable bonds is 3.